The van der Waals surface area contributed by atoms with Crippen LogP contribution in [0.25, 0.3) is 11.1 Å². The molecule has 0 saturated heterocycles. The molecule has 6 aromatic rings. The van der Waals surface area contributed by atoms with Gasteiger partial charge >= 0.3 is 0 Å². The summed E-state index contributed by atoms with van der Waals surface area (Å²) in [6, 6.07) is 55.4. The van der Waals surface area contributed by atoms with Crippen LogP contribution >= 0.6 is 0 Å². The molecule has 1 aliphatic carbocycles. The van der Waals surface area contributed by atoms with Crippen molar-refractivity contribution in [2.75, 3.05) is 9.91 Å². The molecule has 0 spiro atoms. The fraction of sp³-hybridized carbons (Fsp3) is 0.0750. The smallest absolute Gasteiger partial charge is 0.0652 e. The molecule has 0 unspecified atom stereocenters. The van der Waals surface area contributed by atoms with Crippen LogP contribution in [0.1, 0.15) is 30.5 Å². The molecular weight excluding hydrogens is 522 g/mol. The minimum absolute atomic E-state index is 0.0615. The second kappa shape index (κ2) is 11.1. The number of nitrogens with zero attached hydrogens (tertiary/aromatic N) is 3. The Hall–Kier alpha value is -5.41. The maximum Gasteiger partial charge on any atom is 0.0652 e. The summed E-state index contributed by atoms with van der Waals surface area (Å²) in [5.41, 5.74) is 11.8. The average Bonchev–Trinajstić information content (AvgIpc) is 3.29. The monoisotopic (exact) mass is 555 g/mol. The van der Waals surface area contributed by atoms with Gasteiger partial charge in [-0.3, -0.25) is 0 Å². The van der Waals surface area contributed by atoms with Gasteiger partial charge in [-0.25, -0.2) is 5.01 Å². The summed E-state index contributed by atoms with van der Waals surface area (Å²) >= 11 is 0. The number of hydrogen-bond acceptors (Lipinski definition) is 3. The van der Waals surface area contributed by atoms with Gasteiger partial charge in [-0.05, 0) is 88.5 Å². The van der Waals surface area contributed by atoms with Gasteiger partial charge in [0, 0.05) is 22.5 Å². The van der Waals surface area contributed by atoms with E-state index in [1.165, 1.54) is 22.3 Å². The molecule has 0 saturated carbocycles. The van der Waals surface area contributed by atoms with Crippen molar-refractivity contribution in [2.24, 2.45) is 5.10 Å². The first-order valence-corrected chi connectivity index (χ1v) is 14.7. The van der Waals surface area contributed by atoms with Gasteiger partial charge in [0.1, 0.15) is 0 Å². The average molecular weight is 556 g/mol. The Balaban J connectivity index is 1.24. The summed E-state index contributed by atoms with van der Waals surface area (Å²) in [6.45, 7) is 4.66. The standard InChI is InChI=1S/C40H33N3/c1-40(2)38-21-13-12-20-36(38)37-27-26-35(28-39(37)40)42(31-14-6-3-7-15-31)32-24-22-30(23-25-32)29-41-43(33-16-8-4-9-17-33)34-18-10-5-11-19-34/h3-29H,1-2H3. The Morgan fingerprint density at radius 1 is 0.465 bits per heavy atom. The molecule has 6 aromatic carbocycles. The van der Waals surface area contributed by atoms with Crippen molar-refractivity contribution in [1.82, 2.24) is 0 Å². The van der Waals surface area contributed by atoms with E-state index in [4.69, 9.17) is 5.10 Å². The predicted octanol–water partition coefficient (Wildman–Crippen LogP) is 10.6. The van der Waals surface area contributed by atoms with Crippen LogP contribution in [0.5, 0.6) is 0 Å². The first-order valence-electron chi connectivity index (χ1n) is 14.7. The molecule has 0 fully saturated rings. The quantitative estimate of drug-likeness (QED) is 0.144. The summed E-state index contributed by atoms with van der Waals surface area (Å²) < 4.78 is 0. The number of benzene rings is 6. The van der Waals surface area contributed by atoms with E-state index in [0.717, 1.165) is 34.0 Å². The summed E-state index contributed by atoms with van der Waals surface area (Å²) in [7, 11) is 0. The lowest BCUT2D eigenvalue weighted by Gasteiger charge is -2.28. The fourth-order valence-electron chi connectivity index (χ4n) is 6.11. The molecule has 3 nitrogen and oxygen atoms in total. The normalized spacial score (nSPS) is 13.0. The third-order valence-electron chi connectivity index (χ3n) is 8.31. The number of rotatable bonds is 7. The number of hydrazone groups is 1. The van der Waals surface area contributed by atoms with Crippen LogP contribution in [0.4, 0.5) is 28.4 Å². The Morgan fingerprint density at radius 3 is 1.58 bits per heavy atom. The van der Waals surface area contributed by atoms with Crippen molar-refractivity contribution in [1.29, 1.82) is 0 Å². The van der Waals surface area contributed by atoms with E-state index in [2.05, 4.69) is 140 Å². The number of anilines is 5. The summed E-state index contributed by atoms with van der Waals surface area (Å²) in [6.07, 6.45) is 1.92. The second-order valence-electron chi connectivity index (χ2n) is 11.4. The van der Waals surface area contributed by atoms with E-state index in [1.807, 2.05) is 47.6 Å². The van der Waals surface area contributed by atoms with Gasteiger partial charge in [0.05, 0.1) is 17.6 Å². The Labute approximate surface area is 254 Å². The van der Waals surface area contributed by atoms with Crippen molar-refractivity contribution in [3.8, 4) is 11.1 Å². The third kappa shape index (κ3) is 5.00. The molecular formula is C40H33N3. The van der Waals surface area contributed by atoms with Gasteiger partial charge in [-0.1, -0.05) is 111 Å². The molecule has 43 heavy (non-hydrogen) atoms. The van der Waals surface area contributed by atoms with Crippen molar-refractivity contribution >= 4 is 34.7 Å². The summed E-state index contributed by atoms with van der Waals surface area (Å²) in [4.78, 5) is 2.33. The topological polar surface area (TPSA) is 18.8 Å². The molecule has 3 heteroatoms. The van der Waals surface area contributed by atoms with Crippen LogP contribution < -0.4 is 9.91 Å². The fourth-order valence-corrected chi connectivity index (χ4v) is 6.11. The van der Waals surface area contributed by atoms with Gasteiger partial charge in [0.15, 0.2) is 0 Å². The molecule has 1 aliphatic rings. The third-order valence-corrected chi connectivity index (χ3v) is 8.31. The Bertz CT molecular complexity index is 1840. The molecule has 0 bridgehead atoms. The maximum atomic E-state index is 4.90. The first kappa shape index (κ1) is 26.5. The molecule has 0 heterocycles. The molecule has 208 valence electrons. The molecule has 0 aromatic heterocycles. The first-order chi connectivity index (χ1) is 21.1. The van der Waals surface area contributed by atoms with Crippen molar-refractivity contribution in [2.45, 2.75) is 19.3 Å². The highest BCUT2D eigenvalue weighted by Crippen LogP contribution is 2.50. The Kier molecular flexibility index (Phi) is 6.84. The van der Waals surface area contributed by atoms with Gasteiger partial charge in [-0.15, -0.1) is 0 Å². The van der Waals surface area contributed by atoms with E-state index in [-0.39, 0.29) is 5.41 Å². The van der Waals surface area contributed by atoms with Crippen molar-refractivity contribution < 1.29 is 0 Å². The summed E-state index contributed by atoms with van der Waals surface area (Å²) in [5.74, 6) is 0. The van der Waals surface area contributed by atoms with Gasteiger partial charge in [-0.2, -0.15) is 5.10 Å². The molecule has 0 N–H and O–H groups in total. The van der Waals surface area contributed by atoms with Crippen LogP contribution in [-0.4, -0.2) is 6.21 Å². The van der Waals surface area contributed by atoms with Crippen molar-refractivity contribution in [3.63, 3.8) is 0 Å². The highest BCUT2D eigenvalue weighted by atomic mass is 15.5. The molecule has 0 radical (unpaired) electrons. The zero-order chi connectivity index (χ0) is 29.2. The zero-order valence-corrected chi connectivity index (χ0v) is 24.4. The number of para-hydroxylation sites is 3. The van der Waals surface area contributed by atoms with Crippen molar-refractivity contribution in [3.05, 3.63) is 174 Å². The van der Waals surface area contributed by atoms with E-state index >= 15 is 0 Å². The van der Waals surface area contributed by atoms with Crippen LogP contribution in [0.15, 0.2) is 163 Å². The van der Waals surface area contributed by atoms with Crippen LogP contribution in [0, 0.1) is 0 Å². The summed E-state index contributed by atoms with van der Waals surface area (Å²) in [5, 5.41) is 6.86. The predicted molar refractivity (Wildman–Crippen MR) is 181 cm³/mol. The largest absolute Gasteiger partial charge is 0.310 e. The SMILES string of the molecule is CC1(C)c2ccccc2-c2ccc(N(c3ccccc3)c3ccc(C=NN(c4ccccc4)c4ccccc4)cc3)cc21. The van der Waals surface area contributed by atoms with E-state index in [1.54, 1.807) is 0 Å². The number of hydrogen-bond donors (Lipinski definition) is 0. The van der Waals surface area contributed by atoms with Gasteiger partial charge in [0.2, 0.25) is 0 Å². The lowest BCUT2D eigenvalue weighted by atomic mass is 9.82. The highest BCUT2D eigenvalue weighted by molar-refractivity contribution is 5.87. The Morgan fingerprint density at radius 2 is 0.953 bits per heavy atom. The maximum absolute atomic E-state index is 4.90. The number of fused-ring (bicyclic) bond motifs is 3. The van der Waals surface area contributed by atoms with Gasteiger partial charge in [0.25, 0.3) is 0 Å². The molecule has 0 amide bonds. The van der Waals surface area contributed by atoms with E-state index < -0.39 is 0 Å². The minimum Gasteiger partial charge on any atom is -0.310 e. The molecule has 0 atom stereocenters. The second-order valence-corrected chi connectivity index (χ2v) is 11.4. The minimum atomic E-state index is -0.0615. The van der Waals surface area contributed by atoms with Gasteiger partial charge < -0.3 is 4.90 Å². The van der Waals surface area contributed by atoms with Crippen LogP contribution in [-0.2, 0) is 5.41 Å². The van der Waals surface area contributed by atoms with E-state index in [0.29, 0.717) is 0 Å². The zero-order valence-electron chi connectivity index (χ0n) is 24.4. The lowest BCUT2D eigenvalue weighted by Crippen LogP contribution is -2.16. The molecule has 0 aliphatic heterocycles. The van der Waals surface area contributed by atoms with Crippen LogP contribution in [0.2, 0.25) is 0 Å². The molecule has 7 rings (SSSR count). The van der Waals surface area contributed by atoms with Crippen LogP contribution in [0.3, 0.4) is 0 Å². The lowest BCUT2D eigenvalue weighted by molar-refractivity contribution is 0.660. The highest BCUT2D eigenvalue weighted by Gasteiger charge is 2.35. The van der Waals surface area contributed by atoms with E-state index in [9.17, 15) is 0 Å².